The standard InChI is InChI=1S/C26H25FN6O/c1-33-10-8-21(9-11-33)30-26-16-28-15-23(32-26)18-2-3-19-14-29-25(31-22(19)12-18)13-24(34)17-4-6-20(27)7-5-17/h2-7,12,14-16,21H,8-11,13H2,1H3,(H,30,32). The molecule has 7 nitrogen and oxygen atoms in total. The molecule has 1 fully saturated rings. The van der Waals surface area contributed by atoms with Crippen LogP contribution in [-0.4, -0.2) is 56.8 Å². The first-order chi connectivity index (χ1) is 16.5. The molecular weight excluding hydrogens is 431 g/mol. The smallest absolute Gasteiger partial charge is 0.170 e. The van der Waals surface area contributed by atoms with Crippen molar-refractivity contribution in [2.24, 2.45) is 0 Å². The third kappa shape index (κ3) is 5.07. The van der Waals surface area contributed by atoms with Gasteiger partial charge in [-0.15, -0.1) is 0 Å². The summed E-state index contributed by atoms with van der Waals surface area (Å²) in [6.07, 6.45) is 7.40. The number of nitrogens with zero attached hydrogens (tertiary/aromatic N) is 5. The van der Waals surface area contributed by atoms with Crippen molar-refractivity contribution in [3.05, 3.63) is 78.3 Å². The average Bonchev–Trinajstić information content (AvgIpc) is 2.85. The van der Waals surface area contributed by atoms with Gasteiger partial charge >= 0.3 is 0 Å². The van der Waals surface area contributed by atoms with Crippen LogP contribution in [0.3, 0.4) is 0 Å². The number of rotatable bonds is 6. The molecule has 1 saturated heterocycles. The summed E-state index contributed by atoms with van der Waals surface area (Å²) in [6, 6.07) is 11.7. The summed E-state index contributed by atoms with van der Waals surface area (Å²) in [4.78, 5) is 32.9. The number of Topliss-reactive ketones (excluding diaryl/α,β-unsaturated/α-hetero) is 1. The van der Waals surface area contributed by atoms with E-state index < -0.39 is 0 Å². The molecule has 1 aliphatic rings. The Kier molecular flexibility index (Phi) is 6.22. The van der Waals surface area contributed by atoms with E-state index in [0.717, 1.165) is 53.9 Å². The number of aromatic nitrogens is 4. The van der Waals surface area contributed by atoms with Crippen LogP contribution >= 0.6 is 0 Å². The van der Waals surface area contributed by atoms with Gasteiger partial charge in [0.1, 0.15) is 17.5 Å². The molecule has 1 N–H and O–H groups in total. The van der Waals surface area contributed by atoms with Crippen molar-refractivity contribution in [1.82, 2.24) is 24.8 Å². The molecule has 0 aliphatic carbocycles. The molecule has 0 radical (unpaired) electrons. The zero-order chi connectivity index (χ0) is 23.5. The van der Waals surface area contributed by atoms with E-state index >= 15 is 0 Å². The Morgan fingerprint density at radius 1 is 1.06 bits per heavy atom. The summed E-state index contributed by atoms with van der Waals surface area (Å²) in [7, 11) is 2.14. The molecule has 1 aliphatic heterocycles. The third-order valence-corrected chi connectivity index (χ3v) is 6.12. The highest BCUT2D eigenvalue weighted by molar-refractivity contribution is 5.97. The lowest BCUT2D eigenvalue weighted by molar-refractivity contribution is 0.0991. The molecule has 0 atom stereocenters. The minimum atomic E-state index is -0.375. The number of carbonyl (C=O) groups excluding carboxylic acids is 1. The maximum absolute atomic E-state index is 13.1. The molecule has 0 amide bonds. The van der Waals surface area contributed by atoms with E-state index in [1.165, 1.54) is 24.3 Å². The molecule has 172 valence electrons. The van der Waals surface area contributed by atoms with Gasteiger partial charge in [-0.25, -0.2) is 19.3 Å². The van der Waals surface area contributed by atoms with Gasteiger partial charge in [0.15, 0.2) is 5.78 Å². The first-order valence-electron chi connectivity index (χ1n) is 11.4. The minimum Gasteiger partial charge on any atom is -0.366 e. The summed E-state index contributed by atoms with van der Waals surface area (Å²) in [6.45, 7) is 2.14. The molecule has 34 heavy (non-hydrogen) atoms. The summed E-state index contributed by atoms with van der Waals surface area (Å²) < 4.78 is 13.1. The number of fused-ring (bicyclic) bond motifs is 1. The van der Waals surface area contributed by atoms with Crippen molar-refractivity contribution in [3.63, 3.8) is 0 Å². The maximum Gasteiger partial charge on any atom is 0.170 e. The molecule has 5 rings (SSSR count). The molecule has 8 heteroatoms. The Bertz CT molecular complexity index is 1320. The molecule has 3 heterocycles. The zero-order valence-corrected chi connectivity index (χ0v) is 18.9. The highest BCUT2D eigenvalue weighted by Crippen LogP contribution is 2.23. The largest absolute Gasteiger partial charge is 0.366 e. The molecule has 0 saturated carbocycles. The zero-order valence-electron chi connectivity index (χ0n) is 18.9. The average molecular weight is 457 g/mol. The second kappa shape index (κ2) is 9.61. The van der Waals surface area contributed by atoms with Gasteiger partial charge in [-0.1, -0.05) is 12.1 Å². The van der Waals surface area contributed by atoms with Crippen molar-refractivity contribution in [2.45, 2.75) is 25.3 Å². The van der Waals surface area contributed by atoms with Crippen molar-refractivity contribution < 1.29 is 9.18 Å². The Hall–Kier alpha value is -3.78. The van der Waals surface area contributed by atoms with E-state index in [0.29, 0.717) is 17.4 Å². The van der Waals surface area contributed by atoms with Gasteiger partial charge in [-0.05, 0) is 63.3 Å². The minimum absolute atomic E-state index is 0.0432. The van der Waals surface area contributed by atoms with Crippen LogP contribution in [-0.2, 0) is 6.42 Å². The van der Waals surface area contributed by atoms with E-state index in [-0.39, 0.29) is 18.0 Å². The first-order valence-corrected chi connectivity index (χ1v) is 11.4. The Morgan fingerprint density at radius 3 is 2.65 bits per heavy atom. The summed E-state index contributed by atoms with van der Waals surface area (Å²) in [5.74, 6) is 0.650. The van der Waals surface area contributed by atoms with Crippen molar-refractivity contribution >= 4 is 22.5 Å². The molecular formula is C26H25FN6O. The lowest BCUT2D eigenvalue weighted by atomic mass is 10.1. The monoisotopic (exact) mass is 456 g/mol. The number of nitrogens with one attached hydrogen (secondary N) is 1. The summed E-state index contributed by atoms with van der Waals surface area (Å²) >= 11 is 0. The van der Waals surface area contributed by atoms with Crippen molar-refractivity contribution in [2.75, 3.05) is 25.5 Å². The summed E-state index contributed by atoms with van der Waals surface area (Å²) in [5.41, 5.74) is 2.80. The van der Waals surface area contributed by atoms with E-state index in [4.69, 9.17) is 4.98 Å². The number of likely N-dealkylation sites (tertiary alicyclic amines) is 1. The van der Waals surface area contributed by atoms with Gasteiger partial charge in [0, 0.05) is 28.8 Å². The second-order valence-corrected chi connectivity index (χ2v) is 8.68. The van der Waals surface area contributed by atoms with Crippen LogP contribution in [0.25, 0.3) is 22.2 Å². The van der Waals surface area contributed by atoms with E-state index in [2.05, 4.69) is 32.2 Å². The number of hydrogen-bond donors (Lipinski definition) is 1. The predicted octanol–water partition coefficient (Wildman–Crippen LogP) is 4.16. The molecule has 2 aromatic carbocycles. The van der Waals surface area contributed by atoms with Crippen molar-refractivity contribution in [1.29, 1.82) is 0 Å². The highest BCUT2D eigenvalue weighted by atomic mass is 19.1. The topological polar surface area (TPSA) is 83.9 Å². The van der Waals surface area contributed by atoms with Crippen LogP contribution in [0.15, 0.2) is 61.1 Å². The van der Waals surface area contributed by atoms with E-state index in [1.54, 1.807) is 18.6 Å². The van der Waals surface area contributed by atoms with Gasteiger partial charge < -0.3 is 10.2 Å². The van der Waals surface area contributed by atoms with Gasteiger partial charge in [0.25, 0.3) is 0 Å². The van der Waals surface area contributed by atoms with E-state index in [9.17, 15) is 9.18 Å². The third-order valence-electron chi connectivity index (χ3n) is 6.12. The van der Waals surface area contributed by atoms with Crippen LogP contribution in [0.2, 0.25) is 0 Å². The van der Waals surface area contributed by atoms with Crippen LogP contribution in [0.4, 0.5) is 10.2 Å². The molecule has 0 unspecified atom stereocenters. The number of benzene rings is 2. The SMILES string of the molecule is CN1CCC(Nc2cncc(-c3ccc4cnc(CC(=O)c5ccc(F)cc5)nc4c3)n2)CC1. The Labute approximate surface area is 197 Å². The number of anilines is 1. The predicted molar refractivity (Wildman–Crippen MR) is 129 cm³/mol. The Morgan fingerprint density at radius 2 is 1.85 bits per heavy atom. The lowest BCUT2D eigenvalue weighted by Gasteiger charge is -2.29. The number of ketones is 1. The molecule has 0 spiro atoms. The first kappa shape index (κ1) is 22.0. The van der Waals surface area contributed by atoms with Crippen molar-refractivity contribution in [3.8, 4) is 11.3 Å². The summed E-state index contributed by atoms with van der Waals surface area (Å²) in [5, 5.41) is 4.38. The van der Waals surface area contributed by atoms with Crippen LogP contribution in [0, 0.1) is 5.82 Å². The molecule has 0 bridgehead atoms. The quantitative estimate of drug-likeness (QED) is 0.436. The van der Waals surface area contributed by atoms with Gasteiger partial charge in [0.05, 0.1) is 30.0 Å². The number of hydrogen-bond acceptors (Lipinski definition) is 7. The fourth-order valence-corrected chi connectivity index (χ4v) is 4.12. The second-order valence-electron chi connectivity index (χ2n) is 8.68. The molecule has 4 aromatic rings. The highest BCUT2D eigenvalue weighted by Gasteiger charge is 2.17. The van der Waals surface area contributed by atoms with Gasteiger partial charge in [-0.2, -0.15) is 0 Å². The van der Waals surface area contributed by atoms with Crippen LogP contribution in [0.5, 0.6) is 0 Å². The van der Waals surface area contributed by atoms with Crippen LogP contribution < -0.4 is 5.32 Å². The number of carbonyl (C=O) groups is 1. The fourth-order valence-electron chi connectivity index (χ4n) is 4.12. The molecule has 2 aromatic heterocycles. The Balaban J connectivity index is 1.35. The fraction of sp³-hybridized carbons (Fsp3) is 0.269. The normalized spacial score (nSPS) is 14.9. The number of halogens is 1. The lowest BCUT2D eigenvalue weighted by Crippen LogP contribution is -2.36. The maximum atomic E-state index is 13.1. The van der Waals surface area contributed by atoms with Gasteiger partial charge in [-0.3, -0.25) is 9.78 Å². The van der Waals surface area contributed by atoms with Crippen LogP contribution in [0.1, 0.15) is 29.0 Å². The van der Waals surface area contributed by atoms with Gasteiger partial charge in [0.2, 0.25) is 0 Å². The number of piperidine rings is 1. The van der Waals surface area contributed by atoms with E-state index in [1.807, 2.05) is 18.2 Å².